The highest BCUT2D eigenvalue weighted by atomic mass is 32.2. The number of sulfonamides is 1. The van der Waals surface area contributed by atoms with Crippen LogP contribution < -0.4 is 4.72 Å². The average Bonchev–Trinajstić information content (AvgIpc) is 3.56. The first kappa shape index (κ1) is 26.5. The molecule has 0 unspecified atom stereocenters. The minimum Gasteiger partial charge on any atom is -0.347 e. The molecule has 0 amide bonds. The second-order valence-corrected chi connectivity index (χ2v) is 12.3. The molecule has 2 heterocycles. The van der Waals surface area contributed by atoms with E-state index in [-0.39, 0.29) is 33.2 Å². The highest BCUT2D eigenvalue weighted by Crippen LogP contribution is 2.40. The average molecular weight is 531 g/mol. The van der Waals surface area contributed by atoms with E-state index in [1.54, 1.807) is 4.57 Å². The van der Waals surface area contributed by atoms with E-state index < -0.39 is 45.7 Å². The third-order valence-electron chi connectivity index (χ3n) is 6.03. The van der Waals surface area contributed by atoms with Crippen LogP contribution in [0, 0.1) is 18.2 Å². The van der Waals surface area contributed by atoms with Crippen molar-refractivity contribution in [2.75, 3.05) is 0 Å². The molecular formula is C24H27F5N4O2S. The summed E-state index contributed by atoms with van der Waals surface area (Å²) < 4.78 is 99.9. The number of aryl methyl sites for hydroxylation is 1. The first-order valence-corrected chi connectivity index (χ1v) is 13.0. The summed E-state index contributed by atoms with van der Waals surface area (Å²) in [6.45, 7) is 7.49. The van der Waals surface area contributed by atoms with Crippen molar-refractivity contribution in [1.82, 2.24) is 19.3 Å². The van der Waals surface area contributed by atoms with Crippen molar-refractivity contribution in [3.63, 3.8) is 0 Å². The maximum absolute atomic E-state index is 15.5. The Morgan fingerprint density at radius 1 is 1.14 bits per heavy atom. The minimum absolute atomic E-state index is 0.0670. The summed E-state index contributed by atoms with van der Waals surface area (Å²) in [6.07, 6.45) is -2.97. The molecule has 1 fully saturated rings. The van der Waals surface area contributed by atoms with Crippen LogP contribution in [-0.4, -0.2) is 34.6 Å². The quantitative estimate of drug-likeness (QED) is 0.367. The molecule has 1 N–H and O–H groups in total. The van der Waals surface area contributed by atoms with Gasteiger partial charge in [-0.3, -0.25) is 0 Å². The van der Waals surface area contributed by atoms with E-state index in [0.29, 0.717) is 24.9 Å². The van der Waals surface area contributed by atoms with E-state index >= 15 is 4.39 Å². The van der Waals surface area contributed by atoms with Gasteiger partial charge in [-0.25, -0.2) is 45.1 Å². The second-order valence-electron chi connectivity index (χ2n) is 10.3. The molecule has 0 spiro atoms. The zero-order chi connectivity index (χ0) is 26.6. The Balaban J connectivity index is 1.95. The van der Waals surface area contributed by atoms with Crippen molar-refractivity contribution in [2.24, 2.45) is 5.41 Å². The van der Waals surface area contributed by atoms with E-state index in [1.807, 2.05) is 20.8 Å². The molecule has 1 aliphatic carbocycles. The van der Waals surface area contributed by atoms with Gasteiger partial charge >= 0.3 is 0 Å². The lowest BCUT2D eigenvalue weighted by atomic mass is 9.96. The number of benzene rings is 1. The van der Waals surface area contributed by atoms with Crippen LogP contribution in [0.1, 0.15) is 63.0 Å². The van der Waals surface area contributed by atoms with Gasteiger partial charge in [0.25, 0.3) is 12.9 Å². The van der Waals surface area contributed by atoms with E-state index in [0.717, 1.165) is 12.4 Å². The normalized spacial score (nSPS) is 15.9. The topological polar surface area (TPSA) is 76.9 Å². The van der Waals surface area contributed by atoms with Gasteiger partial charge in [-0.05, 0) is 37.3 Å². The number of hydrogen-bond donors (Lipinski definition) is 1. The smallest absolute Gasteiger partial charge is 0.281 e. The van der Waals surface area contributed by atoms with Gasteiger partial charge in [0, 0.05) is 46.0 Å². The van der Waals surface area contributed by atoms with Gasteiger partial charge in [-0.15, -0.1) is 0 Å². The van der Waals surface area contributed by atoms with Gasteiger partial charge < -0.3 is 4.57 Å². The fourth-order valence-electron chi connectivity index (χ4n) is 4.31. The van der Waals surface area contributed by atoms with Crippen LogP contribution >= 0.6 is 0 Å². The van der Waals surface area contributed by atoms with Gasteiger partial charge in [0.2, 0.25) is 10.0 Å². The molecule has 196 valence electrons. The van der Waals surface area contributed by atoms with E-state index in [2.05, 4.69) is 14.7 Å². The summed E-state index contributed by atoms with van der Waals surface area (Å²) in [5.74, 6) is -0.935. The van der Waals surface area contributed by atoms with E-state index in [1.165, 1.54) is 19.2 Å². The largest absolute Gasteiger partial charge is 0.347 e. The van der Waals surface area contributed by atoms with Gasteiger partial charge in [0.1, 0.15) is 23.9 Å². The predicted molar refractivity (Wildman–Crippen MR) is 126 cm³/mol. The summed E-state index contributed by atoms with van der Waals surface area (Å²) in [7, 11) is -3.99. The van der Waals surface area contributed by atoms with Crippen molar-refractivity contribution < 1.29 is 30.4 Å². The van der Waals surface area contributed by atoms with Crippen molar-refractivity contribution >= 4 is 20.9 Å². The molecule has 1 atom stereocenters. The number of halogens is 5. The summed E-state index contributed by atoms with van der Waals surface area (Å²) in [5, 5.41) is -0.656. The number of fused-ring (bicyclic) bond motifs is 1. The number of aromatic nitrogens is 3. The SMILES string of the molecule is Cc1ncnc(C(F)F)c1-c1cc2c(cc1F)c([C@H](NS(=O)(=O)C1CC1)C(F)F)cn2CC(C)(C)C. The number of nitrogens with zero attached hydrogens (tertiary/aromatic N) is 3. The zero-order valence-corrected chi connectivity index (χ0v) is 21.0. The van der Waals surface area contributed by atoms with Gasteiger partial charge in [-0.2, -0.15) is 0 Å². The molecule has 3 aromatic rings. The molecule has 1 saturated carbocycles. The van der Waals surface area contributed by atoms with Crippen LogP contribution in [0.15, 0.2) is 24.7 Å². The zero-order valence-electron chi connectivity index (χ0n) is 20.2. The molecule has 12 heteroatoms. The second kappa shape index (κ2) is 9.37. The highest BCUT2D eigenvalue weighted by molar-refractivity contribution is 7.90. The van der Waals surface area contributed by atoms with Crippen molar-refractivity contribution in [3.8, 4) is 11.1 Å². The molecule has 0 radical (unpaired) electrons. The monoisotopic (exact) mass is 530 g/mol. The third kappa shape index (κ3) is 5.24. The molecule has 1 aromatic carbocycles. The predicted octanol–water partition coefficient (Wildman–Crippen LogP) is 5.92. The van der Waals surface area contributed by atoms with E-state index in [9.17, 15) is 26.0 Å². The molecular weight excluding hydrogens is 503 g/mol. The highest BCUT2D eigenvalue weighted by Gasteiger charge is 2.40. The Labute approximate surface area is 206 Å². The molecule has 0 saturated heterocycles. The maximum atomic E-state index is 15.5. The molecule has 0 bridgehead atoms. The maximum Gasteiger partial charge on any atom is 0.281 e. The number of rotatable bonds is 8. The Hall–Kier alpha value is -2.60. The summed E-state index contributed by atoms with van der Waals surface area (Å²) >= 11 is 0. The Bertz CT molecular complexity index is 1400. The molecule has 0 aliphatic heterocycles. The summed E-state index contributed by atoms with van der Waals surface area (Å²) in [5.41, 5.74) is -0.997. The number of alkyl halides is 4. The van der Waals surface area contributed by atoms with Crippen molar-refractivity contribution in [3.05, 3.63) is 47.4 Å². The van der Waals surface area contributed by atoms with Crippen LogP contribution in [0.4, 0.5) is 22.0 Å². The first-order chi connectivity index (χ1) is 16.7. The molecule has 36 heavy (non-hydrogen) atoms. The fourth-order valence-corrected chi connectivity index (χ4v) is 5.84. The Kier molecular flexibility index (Phi) is 6.89. The van der Waals surface area contributed by atoms with Crippen LogP contribution in [0.3, 0.4) is 0 Å². The van der Waals surface area contributed by atoms with Crippen LogP contribution in [0.5, 0.6) is 0 Å². The third-order valence-corrected chi connectivity index (χ3v) is 7.96. The lowest BCUT2D eigenvalue weighted by Crippen LogP contribution is -2.35. The van der Waals surface area contributed by atoms with Crippen LogP contribution in [-0.2, 0) is 16.6 Å². The number of nitrogens with one attached hydrogen (secondary N) is 1. The Morgan fingerprint density at radius 2 is 1.81 bits per heavy atom. The summed E-state index contributed by atoms with van der Waals surface area (Å²) in [6, 6.07) is 0.403. The molecule has 4 rings (SSSR count). The van der Waals surface area contributed by atoms with E-state index in [4.69, 9.17) is 0 Å². The first-order valence-electron chi connectivity index (χ1n) is 11.4. The minimum atomic E-state index is -3.99. The lowest BCUT2D eigenvalue weighted by Gasteiger charge is -2.20. The van der Waals surface area contributed by atoms with Crippen molar-refractivity contribution in [1.29, 1.82) is 0 Å². The van der Waals surface area contributed by atoms with Crippen LogP contribution in [0.25, 0.3) is 22.0 Å². The van der Waals surface area contributed by atoms with Gasteiger partial charge in [-0.1, -0.05) is 20.8 Å². The molecule has 1 aliphatic rings. The molecule has 6 nitrogen and oxygen atoms in total. The van der Waals surface area contributed by atoms with Crippen LogP contribution in [0.2, 0.25) is 0 Å². The molecule has 2 aromatic heterocycles. The summed E-state index contributed by atoms with van der Waals surface area (Å²) in [4.78, 5) is 7.55. The van der Waals surface area contributed by atoms with Crippen molar-refractivity contribution in [2.45, 2.75) is 71.2 Å². The fraction of sp³-hybridized carbons (Fsp3) is 0.500. The van der Waals surface area contributed by atoms with Gasteiger partial charge in [0.05, 0.1) is 5.25 Å². The number of hydrogen-bond acceptors (Lipinski definition) is 4. The Morgan fingerprint density at radius 3 is 2.36 bits per heavy atom. The standard InChI is InChI=1S/C24H27F5N4O2S/c1-12-19(21(23(28)29)31-11-30-12)15-8-18-14(7-17(15)25)16(9-33(18)10-24(2,3)4)20(22(26)27)32-36(34,35)13-5-6-13/h7-9,11,13,20,22-23,32H,5-6,10H2,1-4H3/t20-/m0/s1. The lowest BCUT2D eigenvalue weighted by molar-refractivity contribution is 0.109. The van der Waals surface area contributed by atoms with Gasteiger partial charge in [0.15, 0.2) is 0 Å².